The van der Waals surface area contributed by atoms with Crippen molar-refractivity contribution in [2.24, 2.45) is 0 Å². The van der Waals surface area contributed by atoms with Crippen molar-refractivity contribution >= 4 is 65.6 Å². The predicted octanol–water partition coefficient (Wildman–Crippen LogP) is 13.0. The molecule has 57 heavy (non-hydrogen) atoms. The molecule has 4 aromatic heterocycles. The minimum atomic E-state index is 0.563. The molecule has 0 unspecified atom stereocenters. The van der Waals surface area contributed by atoms with E-state index in [4.69, 9.17) is 19.4 Å². The smallest absolute Gasteiger partial charge is 0.238 e. The van der Waals surface area contributed by atoms with Gasteiger partial charge in [0.15, 0.2) is 11.6 Å². The molecule has 0 aliphatic carbocycles. The summed E-state index contributed by atoms with van der Waals surface area (Å²) in [5, 5.41) is 6.82. The van der Waals surface area contributed by atoms with Gasteiger partial charge in [0.1, 0.15) is 11.2 Å². The van der Waals surface area contributed by atoms with Crippen molar-refractivity contribution in [3.8, 4) is 45.5 Å². The Labute approximate surface area is 326 Å². The SMILES string of the molecule is c1ccc(-c2ccc3c(c2)c2ccccc2n3-c2ccc3c(c2)oc2cc(-c4nc(-c5ccccc5)nc(-n5c6ccccc6c6ccccc65)n4)ccc23)cc1. The van der Waals surface area contributed by atoms with Gasteiger partial charge in [-0.05, 0) is 65.7 Å². The van der Waals surface area contributed by atoms with Crippen LogP contribution in [0, 0.1) is 0 Å². The Morgan fingerprint density at radius 2 is 0.825 bits per heavy atom. The molecule has 0 aliphatic heterocycles. The van der Waals surface area contributed by atoms with E-state index in [1.165, 1.54) is 21.9 Å². The monoisotopic (exact) mass is 729 g/mol. The van der Waals surface area contributed by atoms with Gasteiger partial charge in [-0.3, -0.25) is 4.57 Å². The van der Waals surface area contributed by atoms with Crippen LogP contribution in [0.4, 0.5) is 0 Å². The number of hydrogen-bond acceptors (Lipinski definition) is 4. The van der Waals surface area contributed by atoms with Gasteiger partial charge in [-0.15, -0.1) is 0 Å². The number of furan rings is 1. The quantitative estimate of drug-likeness (QED) is 0.177. The van der Waals surface area contributed by atoms with Crippen molar-refractivity contribution in [2.75, 3.05) is 0 Å². The molecule has 0 N–H and O–H groups in total. The van der Waals surface area contributed by atoms with Crippen LogP contribution >= 0.6 is 0 Å². The summed E-state index contributed by atoms with van der Waals surface area (Å²) in [6.45, 7) is 0. The van der Waals surface area contributed by atoms with Crippen LogP contribution < -0.4 is 0 Å². The van der Waals surface area contributed by atoms with Crippen LogP contribution in [0.15, 0.2) is 192 Å². The zero-order valence-electron chi connectivity index (χ0n) is 30.5. The van der Waals surface area contributed by atoms with E-state index in [0.717, 1.165) is 71.6 Å². The van der Waals surface area contributed by atoms with E-state index in [1.807, 2.05) is 30.3 Å². The minimum absolute atomic E-state index is 0.563. The van der Waals surface area contributed by atoms with Gasteiger partial charge in [0, 0.05) is 55.2 Å². The Morgan fingerprint density at radius 1 is 0.316 bits per heavy atom. The first kappa shape index (κ1) is 31.5. The molecular weight excluding hydrogens is 699 g/mol. The van der Waals surface area contributed by atoms with Crippen molar-refractivity contribution < 1.29 is 4.42 Å². The molecule has 0 aliphatic rings. The van der Waals surface area contributed by atoms with E-state index in [2.05, 4.69) is 167 Å². The highest BCUT2D eigenvalue weighted by molar-refractivity contribution is 6.12. The second-order valence-corrected chi connectivity index (χ2v) is 14.5. The van der Waals surface area contributed by atoms with Crippen LogP contribution in [-0.2, 0) is 0 Å². The summed E-state index contributed by atoms with van der Waals surface area (Å²) in [5.74, 6) is 1.74. The number of fused-ring (bicyclic) bond motifs is 9. The van der Waals surface area contributed by atoms with Gasteiger partial charge in [-0.2, -0.15) is 9.97 Å². The lowest BCUT2D eigenvalue weighted by atomic mass is 10.0. The van der Waals surface area contributed by atoms with E-state index < -0.39 is 0 Å². The highest BCUT2D eigenvalue weighted by Crippen LogP contribution is 2.38. The van der Waals surface area contributed by atoms with Crippen molar-refractivity contribution in [3.05, 3.63) is 188 Å². The molecule has 4 heterocycles. The number of benzene rings is 8. The Bertz CT molecular complexity index is 3470. The summed E-state index contributed by atoms with van der Waals surface area (Å²) in [5.41, 5.74) is 11.2. The zero-order chi connectivity index (χ0) is 37.5. The lowest BCUT2D eigenvalue weighted by Crippen LogP contribution is -2.06. The molecule has 6 heteroatoms. The van der Waals surface area contributed by atoms with Crippen molar-refractivity contribution in [3.63, 3.8) is 0 Å². The van der Waals surface area contributed by atoms with Crippen LogP contribution in [0.25, 0.3) is 111 Å². The zero-order valence-corrected chi connectivity index (χ0v) is 30.5. The van der Waals surface area contributed by atoms with E-state index in [1.54, 1.807) is 0 Å². The molecule has 0 atom stereocenters. The summed E-state index contributed by atoms with van der Waals surface area (Å²) in [7, 11) is 0. The molecule has 0 radical (unpaired) electrons. The molecule has 0 spiro atoms. The topological polar surface area (TPSA) is 61.7 Å². The number of rotatable bonds is 5. The van der Waals surface area contributed by atoms with Gasteiger partial charge < -0.3 is 8.98 Å². The van der Waals surface area contributed by atoms with E-state index >= 15 is 0 Å². The van der Waals surface area contributed by atoms with Crippen molar-refractivity contribution in [2.45, 2.75) is 0 Å². The third kappa shape index (κ3) is 4.94. The second kappa shape index (κ2) is 12.3. The molecule has 0 bridgehead atoms. The molecule has 0 saturated carbocycles. The third-order valence-corrected chi connectivity index (χ3v) is 11.2. The van der Waals surface area contributed by atoms with E-state index in [-0.39, 0.29) is 0 Å². The summed E-state index contributed by atoms with van der Waals surface area (Å²) >= 11 is 0. The van der Waals surface area contributed by atoms with Crippen LogP contribution in [0.1, 0.15) is 0 Å². The molecule has 12 rings (SSSR count). The number of aromatic nitrogens is 5. The molecule has 6 nitrogen and oxygen atoms in total. The van der Waals surface area contributed by atoms with Gasteiger partial charge >= 0.3 is 0 Å². The van der Waals surface area contributed by atoms with Gasteiger partial charge in [-0.1, -0.05) is 127 Å². The molecular formula is C51H31N5O. The highest BCUT2D eigenvalue weighted by Gasteiger charge is 2.19. The highest BCUT2D eigenvalue weighted by atomic mass is 16.3. The molecule has 0 saturated heterocycles. The fourth-order valence-electron chi connectivity index (χ4n) is 8.55. The first-order chi connectivity index (χ1) is 28.2. The lowest BCUT2D eigenvalue weighted by molar-refractivity contribution is 0.668. The largest absolute Gasteiger partial charge is 0.456 e. The van der Waals surface area contributed by atoms with Crippen LogP contribution in [0.3, 0.4) is 0 Å². The average Bonchev–Trinajstić information content (AvgIpc) is 3.93. The fraction of sp³-hybridized carbons (Fsp3) is 0. The van der Waals surface area contributed by atoms with Crippen molar-refractivity contribution in [1.82, 2.24) is 24.1 Å². The van der Waals surface area contributed by atoms with E-state index in [0.29, 0.717) is 17.6 Å². The maximum absolute atomic E-state index is 6.70. The maximum Gasteiger partial charge on any atom is 0.238 e. The Hall–Kier alpha value is -7.83. The van der Waals surface area contributed by atoms with Crippen molar-refractivity contribution in [1.29, 1.82) is 0 Å². The first-order valence-corrected chi connectivity index (χ1v) is 19.1. The third-order valence-electron chi connectivity index (χ3n) is 11.2. The first-order valence-electron chi connectivity index (χ1n) is 19.1. The van der Waals surface area contributed by atoms with E-state index in [9.17, 15) is 0 Å². The standard InChI is InChI=1S/C51H31N5O/c1-3-13-32(14-4-1)34-24-28-46-42(29-34)39-19-9-10-20-43(39)55(46)36-25-27-41-40-26-23-35(30-47(40)57-48(41)31-36)50-52-49(33-15-5-2-6-16-33)53-51(54-50)56-44-21-11-7-17-37(44)38-18-8-12-22-45(38)56/h1-31H. The molecule has 8 aromatic carbocycles. The normalized spacial score (nSPS) is 11.9. The maximum atomic E-state index is 6.70. The van der Waals surface area contributed by atoms with Gasteiger partial charge in [-0.25, -0.2) is 4.98 Å². The average molecular weight is 730 g/mol. The summed E-state index contributed by atoms with van der Waals surface area (Å²) in [4.78, 5) is 15.3. The Balaban J connectivity index is 1.01. The Morgan fingerprint density at radius 3 is 1.51 bits per heavy atom. The number of hydrogen-bond donors (Lipinski definition) is 0. The number of nitrogens with zero attached hydrogens (tertiary/aromatic N) is 5. The molecule has 12 aromatic rings. The molecule has 0 fully saturated rings. The minimum Gasteiger partial charge on any atom is -0.456 e. The predicted molar refractivity (Wildman–Crippen MR) is 232 cm³/mol. The van der Waals surface area contributed by atoms with Gasteiger partial charge in [0.2, 0.25) is 5.95 Å². The lowest BCUT2D eigenvalue weighted by Gasteiger charge is -2.10. The summed E-state index contributed by atoms with van der Waals surface area (Å²) < 4.78 is 11.2. The summed E-state index contributed by atoms with van der Waals surface area (Å²) in [6, 6.07) is 65.6. The van der Waals surface area contributed by atoms with Gasteiger partial charge in [0.05, 0.1) is 22.1 Å². The Kier molecular flexibility index (Phi) is 6.83. The van der Waals surface area contributed by atoms with Crippen LogP contribution in [-0.4, -0.2) is 24.1 Å². The molecule has 0 amide bonds. The molecule has 266 valence electrons. The second-order valence-electron chi connectivity index (χ2n) is 14.5. The fourth-order valence-corrected chi connectivity index (χ4v) is 8.55. The van der Waals surface area contributed by atoms with Gasteiger partial charge in [0.25, 0.3) is 0 Å². The number of para-hydroxylation sites is 3. The summed E-state index contributed by atoms with van der Waals surface area (Å²) in [6.07, 6.45) is 0. The van der Waals surface area contributed by atoms with Crippen LogP contribution in [0.2, 0.25) is 0 Å². The van der Waals surface area contributed by atoms with Crippen LogP contribution in [0.5, 0.6) is 0 Å².